The van der Waals surface area contributed by atoms with Gasteiger partial charge in [-0.1, -0.05) is 6.07 Å². The largest absolute Gasteiger partial charge is 0.333 e. The van der Waals surface area contributed by atoms with Crippen molar-refractivity contribution in [1.29, 1.82) is 0 Å². The summed E-state index contributed by atoms with van der Waals surface area (Å²) in [6.07, 6.45) is 0.220. The van der Waals surface area contributed by atoms with Gasteiger partial charge in [-0.3, -0.25) is 4.79 Å². The van der Waals surface area contributed by atoms with Crippen LogP contribution in [0.2, 0.25) is 0 Å². The molecular formula is C19H20FN3O2. The van der Waals surface area contributed by atoms with Crippen LogP contribution in [0.5, 0.6) is 0 Å². The van der Waals surface area contributed by atoms with Gasteiger partial charge >= 0.3 is 6.03 Å². The van der Waals surface area contributed by atoms with Crippen LogP contribution in [0.25, 0.3) is 0 Å². The molecule has 0 radical (unpaired) electrons. The Kier molecular flexibility index (Phi) is 4.70. The van der Waals surface area contributed by atoms with Gasteiger partial charge in [0.1, 0.15) is 5.82 Å². The molecule has 5 nitrogen and oxygen atoms in total. The van der Waals surface area contributed by atoms with Crippen molar-refractivity contribution in [3.63, 3.8) is 0 Å². The molecule has 3 rings (SSSR count). The highest BCUT2D eigenvalue weighted by Gasteiger charge is 2.31. The van der Waals surface area contributed by atoms with Gasteiger partial charge in [-0.05, 0) is 61.4 Å². The second-order valence-corrected chi connectivity index (χ2v) is 6.28. The number of hydrogen-bond acceptors (Lipinski definition) is 2. The molecule has 1 fully saturated rings. The molecule has 1 atom stereocenters. The average Bonchev–Trinajstić information content (AvgIpc) is 2.92. The summed E-state index contributed by atoms with van der Waals surface area (Å²) in [7, 11) is 0. The number of nitrogens with zero attached hydrogens (tertiary/aromatic N) is 1. The Morgan fingerprint density at radius 2 is 1.84 bits per heavy atom. The lowest BCUT2D eigenvalue weighted by molar-refractivity contribution is -0.117. The van der Waals surface area contributed by atoms with E-state index in [0.29, 0.717) is 17.9 Å². The number of benzene rings is 2. The van der Waals surface area contributed by atoms with Crippen molar-refractivity contribution in [3.05, 3.63) is 59.4 Å². The van der Waals surface area contributed by atoms with E-state index in [1.54, 1.807) is 17.0 Å². The minimum Gasteiger partial charge on any atom is -0.333 e. The number of carbonyl (C=O) groups excluding carboxylic acids is 2. The van der Waals surface area contributed by atoms with Gasteiger partial charge in [-0.25, -0.2) is 9.18 Å². The van der Waals surface area contributed by atoms with E-state index in [1.165, 1.54) is 12.1 Å². The molecule has 130 valence electrons. The molecule has 25 heavy (non-hydrogen) atoms. The minimum absolute atomic E-state index is 0.0944. The summed E-state index contributed by atoms with van der Waals surface area (Å²) < 4.78 is 13.0. The lowest BCUT2D eigenvalue weighted by Gasteiger charge is -2.17. The van der Waals surface area contributed by atoms with Crippen molar-refractivity contribution in [3.8, 4) is 0 Å². The van der Waals surface area contributed by atoms with Gasteiger partial charge in [0.2, 0.25) is 5.91 Å². The summed E-state index contributed by atoms with van der Waals surface area (Å²) in [5.74, 6) is -0.444. The molecule has 0 saturated carbocycles. The smallest absolute Gasteiger partial charge is 0.319 e. The van der Waals surface area contributed by atoms with E-state index in [0.717, 1.165) is 11.1 Å². The molecule has 0 spiro atoms. The second-order valence-electron chi connectivity index (χ2n) is 6.28. The van der Waals surface area contributed by atoms with E-state index in [9.17, 15) is 14.0 Å². The van der Waals surface area contributed by atoms with Gasteiger partial charge in [0, 0.05) is 24.3 Å². The third-order valence-electron chi connectivity index (χ3n) is 4.36. The third-order valence-corrected chi connectivity index (χ3v) is 4.36. The fourth-order valence-corrected chi connectivity index (χ4v) is 2.85. The molecule has 1 heterocycles. The van der Waals surface area contributed by atoms with E-state index in [2.05, 4.69) is 10.6 Å². The van der Waals surface area contributed by atoms with E-state index < -0.39 is 0 Å². The molecule has 2 N–H and O–H groups in total. The zero-order valence-corrected chi connectivity index (χ0v) is 14.2. The fourth-order valence-electron chi connectivity index (χ4n) is 2.85. The summed E-state index contributed by atoms with van der Waals surface area (Å²) in [4.78, 5) is 25.9. The van der Waals surface area contributed by atoms with Crippen LogP contribution in [-0.4, -0.2) is 24.5 Å². The normalized spacial score (nSPS) is 16.8. The number of amides is 3. The van der Waals surface area contributed by atoms with E-state index >= 15 is 0 Å². The average molecular weight is 341 g/mol. The van der Waals surface area contributed by atoms with Crippen molar-refractivity contribution in [1.82, 2.24) is 5.32 Å². The topological polar surface area (TPSA) is 61.4 Å². The van der Waals surface area contributed by atoms with E-state index in [1.807, 2.05) is 32.0 Å². The highest BCUT2D eigenvalue weighted by Crippen LogP contribution is 2.22. The molecule has 0 aliphatic carbocycles. The summed E-state index contributed by atoms with van der Waals surface area (Å²) in [5.41, 5.74) is 3.59. The van der Waals surface area contributed by atoms with Crippen LogP contribution in [0.3, 0.4) is 0 Å². The molecule has 3 amide bonds. The predicted molar refractivity (Wildman–Crippen MR) is 95.2 cm³/mol. The van der Waals surface area contributed by atoms with Crippen molar-refractivity contribution in [2.75, 3.05) is 16.8 Å². The van der Waals surface area contributed by atoms with Crippen molar-refractivity contribution >= 4 is 23.3 Å². The van der Waals surface area contributed by atoms with Crippen LogP contribution in [0.15, 0.2) is 42.5 Å². The molecule has 2 aromatic rings. The highest BCUT2D eigenvalue weighted by molar-refractivity contribution is 5.97. The maximum Gasteiger partial charge on any atom is 0.319 e. The van der Waals surface area contributed by atoms with Gasteiger partial charge in [0.05, 0.1) is 6.04 Å². The number of urea groups is 1. The van der Waals surface area contributed by atoms with Gasteiger partial charge < -0.3 is 15.5 Å². The van der Waals surface area contributed by atoms with Crippen LogP contribution in [0.4, 0.5) is 20.6 Å². The zero-order chi connectivity index (χ0) is 18.0. The summed E-state index contributed by atoms with van der Waals surface area (Å²) in [6, 6.07) is 10.8. The quantitative estimate of drug-likeness (QED) is 0.899. The molecule has 6 heteroatoms. The maximum atomic E-state index is 13.0. The van der Waals surface area contributed by atoms with Gasteiger partial charge in [-0.15, -0.1) is 0 Å². The molecule has 1 unspecified atom stereocenters. The van der Waals surface area contributed by atoms with Crippen molar-refractivity contribution in [2.24, 2.45) is 0 Å². The SMILES string of the molecule is Cc1ccc(NC(=O)NC2CC(=O)N(c3ccc(F)cc3)C2)cc1C. The Labute approximate surface area is 145 Å². The first-order chi connectivity index (χ1) is 11.9. The summed E-state index contributed by atoms with van der Waals surface area (Å²) in [6.45, 7) is 4.35. The lowest BCUT2D eigenvalue weighted by atomic mass is 10.1. The Balaban J connectivity index is 1.60. The number of carbonyl (C=O) groups is 2. The van der Waals surface area contributed by atoms with Crippen LogP contribution < -0.4 is 15.5 Å². The second kappa shape index (κ2) is 6.93. The third kappa shape index (κ3) is 3.96. The zero-order valence-electron chi connectivity index (χ0n) is 14.2. The van der Waals surface area contributed by atoms with Crippen molar-refractivity contribution in [2.45, 2.75) is 26.3 Å². The first kappa shape index (κ1) is 17.0. The van der Waals surface area contributed by atoms with Crippen molar-refractivity contribution < 1.29 is 14.0 Å². The first-order valence-corrected chi connectivity index (χ1v) is 8.13. The Bertz CT molecular complexity index is 805. The van der Waals surface area contributed by atoms with Crippen LogP contribution >= 0.6 is 0 Å². The van der Waals surface area contributed by atoms with E-state index in [-0.39, 0.29) is 30.2 Å². The number of hydrogen-bond donors (Lipinski definition) is 2. The standard InChI is InChI=1S/C19H20FN3O2/c1-12-3-6-15(9-13(12)2)21-19(25)22-16-10-18(24)23(11-16)17-7-4-14(20)5-8-17/h3-9,16H,10-11H2,1-2H3,(H2,21,22,25). The molecule has 2 aromatic carbocycles. The molecular weight excluding hydrogens is 321 g/mol. The highest BCUT2D eigenvalue weighted by atomic mass is 19.1. The van der Waals surface area contributed by atoms with Gasteiger partial charge in [0.15, 0.2) is 0 Å². The first-order valence-electron chi connectivity index (χ1n) is 8.13. The number of anilines is 2. The molecule has 1 aliphatic rings. The summed E-state index contributed by atoms with van der Waals surface area (Å²) >= 11 is 0. The fraction of sp³-hybridized carbons (Fsp3) is 0.263. The Morgan fingerprint density at radius 3 is 2.52 bits per heavy atom. The monoisotopic (exact) mass is 341 g/mol. The number of halogens is 1. The van der Waals surface area contributed by atoms with Crippen LogP contribution in [0, 0.1) is 19.7 Å². The minimum atomic E-state index is -0.349. The summed E-state index contributed by atoms with van der Waals surface area (Å²) in [5, 5.41) is 5.60. The van der Waals surface area contributed by atoms with E-state index in [4.69, 9.17) is 0 Å². The molecule has 0 aromatic heterocycles. The lowest BCUT2D eigenvalue weighted by Crippen LogP contribution is -2.39. The number of aryl methyl sites for hydroxylation is 2. The van der Waals surface area contributed by atoms with Gasteiger partial charge in [0.25, 0.3) is 0 Å². The maximum absolute atomic E-state index is 13.0. The van der Waals surface area contributed by atoms with Gasteiger partial charge in [-0.2, -0.15) is 0 Å². The molecule has 1 saturated heterocycles. The molecule has 0 bridgehead atoms. The van der Waals surface area contributed by atoms with Crippen LogP contribution in [-0.2, 0) is 4.79 Å². The Morgan fingerprint density at radius 1 is 1.12 bits per heavy atom. The van der Waals surface area contributed by atoms with Crippen LogP contribution in [0.1, 0.15) is 17.5 Å². The molecule has 1 aliphatic heterocycles. The number of nitrogens with one attached hydrogen (secondary N) is 2. The Hall–Kier alpha value is -2.89. The number of rotatable bonds is 3. The predicted octanol–water partition coefficient (Wildman–Crippen LogP) is 3.37.